The number of primary amides is 1. The Morgan fingerprint density at radius 2 is 1.65 bits per heavy atom. The van der Waals surface area contributed by atoms with Crippen molar-refractivity contribution in [3.8, 4) is 0 Å². The van der Waals surface area contributed by atoms with Gasteiger partial charge in [-0.3, -0.25) is 9.59 Å². The van der Waals surface area contributed by atoms with Gasteiger partial charge >= 0.3 is 0 Å². The van der Waals surface area contributed by atoms with Crippen LogP contribution in [0.1, 0.15) is 15.9 Å². The molecular weight excluding hydrogens is 431 g/mol. The molecule has 0 spiro atoms. The van der Waals surface area contributed by atoms with Gasteiger partial charge in [0.2, 0.25) is 5.91 Å². The first-order chi connectivity index (χ1) is 10.8. The molecule has 2 aromatic rings. The molecule has 3 N–H and O–H groups in total. The van der Waals surface area contributed by atoms with Gasteiger partial charge in [-0.15, -0.1) is 0 Å². The van der Waals surface area contributed by atoms with Gasteiger partial charge in [0.1, 0.15) is 11.9 Å². The molecular formula is C16H13Br2FN2O2. The van der Waals surface area contributed by atoms with Crippen molar-refractivity contribution in [2.75, 3.05) is 0 Å². The van der Waals surface area contributed by atoms with Crippen molar-refractivity contribution in [2.24, 2.45) is 5.73 Å². The Labute approximate surface area is 149 Å². The van der Waals surface area contributed by atoms with E-state index in [2.05, 4.69) is 37.2 Å². The predicted molar refractivity (Wildman–Crippen MR) is 92.4 cm³/mol. The number of nitrogens with two attached hydrogens (primary N) is 1. The van der Waals surface area contributed by atoms with E-state index in [9.17, 15) is 14.0 Å². The minimum atomic E-state index is -0.884. The van der Waals surface area contributed by atoms with E-state index >= 15 is 0 Å². The Kier molecular flexibility index (Phi) is 5.90. The minimum Gasteiger partial charge on any atom is -0.368 e. The third-order valence-electron chi connectivity index (χ3n) is 3.13. The van der Waals surface area contributed by atoms with Gasteiger partial charge in [-0.1, -0.05) is 44.0 Å². The Bertz CT molecular complexity index is 715. The van der Waals surface area contributed by atoms with Crippen LogP contribution in [0.25, 0.3) is 0 Å². The molecule has 0 saturated carbocycles. The van der Waals surface area contributed by atoms with Crippen LogP contribution in [-0.4, -0.2) is 17.9 Å². The van der Waals surface area contributed by atoms with E-state index in [1.807, 2.05) is 0 Å². The third kappa shape index (κ3) is 5.14. The number of benzene rings is 2. The number of halogens is 3. The Morgan fingerprint density at radius 3 is 2.17 bits per heavy atom. The zero-order chi connectivity index (χ0) is 17.0. The molecule has 2 rings (SSSR count). The van der Waals surface area contributed by atoms with E-state index in [1.165, 1.54) is 12.1 Å². The SMILES string of the molecule is NC(=O)[C@@H](Cc1ccc(F)cc1)NC(=O)c1cc(Br)cc(Br)c1. The summed E-state index contributed by atoms with van der Waals surface area (Å²) in [5, 5.41) is 2.60. The molecule has 120 valence electrons. The number of hydrogen-bond acceptors (Lipinski definition) is 2. The van der Waals surface area contributed by atoms with E-state index in [0.29, 0.717) is 11.1 Å². The van der Waals surface area contributed by atoms with Crippen molar-refractivity contribution in [1.82, 2.24) is 5.32 Å². The smallest absolute Gasteiger partial charge is 0.252 e. The number of hydrogen-bond donors (Lipinski definition) is 2. The van der Waals surface area contributed by atoms with E-state index < -0.39 is 17.9 Å². The summed E-state index contributed by atoms with van der Waals surface area (Å²) in [6.07, 6.45) is 0.191. The fraction of sp³-hybridized carbons (Fsp3) is 0.125. The maximum Gasteiger partial charge on any atom is 0.252 e. The van der Waals surface area contributed by atoms with Gasteiger partial charge in [0, 0.05) is 20.9 Å². The summed E-state index contributed by atoms with van der Waals surface area (Å²) in [4.78, 5) is 23.9. The Morgan fingerprint density at radius 1 is 1.09 bits per heavy atom. The second-order valence-corrected chi connectivity index (χ2v) is 6.75. The van der Waals surface area contributed by atoms with Crippen molar-refractivity contribution < 1.29 is 14.0 Å². The van der Waals surface area contributed by atoms with E-state index in [1.54, 1.807) is 30.3 Å². The van der Waals surface area contributed by atoms with Crippen LogP contribution in [0.4, 0.5) is 4.39 Å². The van der Waals surface area contributed by atoms with Crippen LogP contribution >= 0.6 is 31.9 Å². The average molecular weight is 444 g/mol. The van der Waals surface area contributed by atoms with Gasteiger partial charge in [0.15, 0.2) is 0 Å². The van der Waals surface area contributed by atoms with Crippen LogP contribution in [0.5, 0.6) is 0 Å². The first kappa shape index (κ1) is 17.6. The molecule has 0 aliphatic carbocycles. The molecule has 2 amide bonds. The molecule has 0 unspecified atom stereocenters. The lowest BCUT2D eigenvalue weighted by molar-refractivity contribution is -0.119. The molecule has 23 heavy (non-hydrogen) atoms. The van der Waals surface area contributed by atoms with Crippen molar-refractivity contribution >= 4 is 43.7 Å². The number of nitrogens with one attached hydrogen (secondary N) is 1. The maximum absolute atomic E-state index is 12.9. The summed E-state index contributed by atoms with van der Waals surface area (Å²) in [5.74, 6) is -1.44. The van der Waals surface area contributed by atoms with E-state index in [-0.39, 0.29) is 12.2 Å². The molecule has 0 aromatic heterocycles. The minimum absolute atomic E-state index is 0.191. The van der Waals surface area contributed by atoms with Crippen molar-refractivity contribution in [3.63, 3.8) is 0 Å². The summed E-state index contributed by atoms with van der Waals surface area (Å²) in [6, 6.07) is 9.86. The molecule has 0 heterocycles. The summed E-state index contributed by atoms with van der Waals surface area (Å²) >= 11 is 6.60. The monoisotopic (exact) mass is 442 g/mol. The van der Waals surface area contributed by atoms with Crippen LogP contribution in [-0.2, 0) is 11.2 Å². The number of amides is 2. The molecule has 0 radical (unpaired) electrons. The summed E-state index contributed by atoms with van der Waals surface area (Å²) < 4.78 is 14.4. The lowest BCUT2D eigenvalue weighted by Crippen LogP contribution is -2.45. The molecule has 2 aromatic carbocycles. The van der Waals surface area contributed by atoms with Gasteiger partial charge in [0.25, 0.3) is 5.91 Å². The second kappa shape index (κ2) is 7.70. The Hall–Kier alpha value is -1.73. The fourth-order valence-corrected chi connectivity index (χ4v) is 3.30. The lowest BCUT2D eigenvalue weighted by Gasteiger charge is -2.16. The highest BCUT2D eigenvalue weighted by atomic mass is 79.9. The molecule has 4 nitrogen and oxygen atoms in total. The van der Waals surface area contributed by atoms with Crippen LogP contribution < -0.4 is 11.1 Å². The van der Waals surface area contributed by atoms with Gasteiger partial charge in [-0.25, -0.2) is 4.39 Å². The quantitative estimate of drug-likeness (QED) is 0.744. The molecule has 0 fully saturated rings. The van der Waals surface area contributed by atoms with Crippen molar-refractivity contribution in [2.45, 2.75) is 12.5 Å². The van der Waals surface area contributed by atoms with Crippen LogP contribution in [0, 0.1) is 5.82 Å². The molecule has 0 aliphatic rings. The summed E-state index contributed by atoms with van der Waals surface area (Å²) in [6.45, 7) is 0. The van der Waals surface area contributed by atoms with Gasteiger partial charge in [0.05, 0.1) is 0 Å². The summed E-state index contributed by atoms with van der Waals surface area (Å²) in [7, 11) is 0. The first-order valence-electron chi connectivity index (χ1n) is 6.66. The number of rotatable bonds is 5. The van der Waals surface area contributed by atoms with Crippen molar-refractivity contribution in [3.05, 3.63) is 68.4 Å². The molecule has 0 bridgehead atoms. The summed E-state index contributed by atoms with van der Waals surface area (Å²) in [5.41, 5.74) is 6.44. The second-order valence-electron chi connectivity index (χ2n) is 4.92. The highest BCUT2D eigenvalue weighted by Gasteiger charge is 2.20. The average Bonchev–Trinajstić information content (AvgIpc) is 2.47. The molecule has 0 saturated heterocycles. The van der Waals surface area contributed by atoms with Crippen molar-refractivity contribution in [1.29, 1.82) is 0 Å². The maximum atomic E-state index is 12.9. The highest BCUT2D eigenvalue weighted by Crippen LogP contribution is 2.20. The normalized spacial score (nSPS) is 11.8. The van der Waals surface area contributed by atoms with Crippen LogP contribution in [0.3, 0.4) is 0 Å². The highest BCUT2D eigenvalue weighted by molar-refractivity contribution is 9.11. The largest absolute Gasteiger partial charge is 0.368 e. The first-order valence-corrected chi connectivity index (χ1v) is 8.24. The number of carbonyl (C=O) groups is 2. The molecule has 1 atom stereocenters. The zero-order valence-corrected chi connectivity index (χ0v) is 15.0. The van der Waals surface area contributed by atoms with E-state index in [0.717, 1.165) is 8.95 Å². The van der Waals surface area contributed by atoms with Gasteiger partial charge in [-0.2, -0.15) is 0 Å². The standard InChI is InChI=1S/C16H13Br2FN2O2/c17-11-6-10(7-12(18)8-11)16(23)21-14(15(20)22)5-9-1-3-13(19)4-2-9/h1-4,6-8,14H,5H2,(H2,20,22)(H,21,23)/t14-/m1/s1. The third-order valence-corrected chi connectivity index (χ3v) is 4.04. The predicted octanol–water partition coefficient (Wildman–Crippen LogP) is 3.18. The van der Waals surface area contributed by atoms with E-state index in [4.69, 9.17) is 5.73 Å². The van der Waals surface area contributed by atoms with Crippen LogP contribution in [0.15, 0.2) is 51.4 Å². The topological polar surface area (TPSA) is 72.2 Å². The van der Waals surface area contributed by atoms with Crippen LogP contribution in [0.2, 0.25) is 0 Å². The Balaban J connectivity index is 2.14. The number of carbonyl (C=O) groups excluding carboxylic acids is 2. The molecule has 7 heteroatoms. The molecule has 0 aliphatic heterocycles. The lowest BCUT2D eigenvalue weighted by atomic mass is 10.0. The fourth-order valence-electron chi connectivity index (χ4n) is 2.01. The van der Waals surface area contributed by atoms with Gasteiger partial charge in [-0.05, 0) is 35.9 Å². The van der Waals surface area contributed by atoms with Gasteiger partial charge < -0.3 is 11.1 Å². The zero-order valence-electron chi connectivity index (χ0n) is 11.9.